The molecule has 432 valence electrons. The van der Waals surface area contributed by atoms with Gasteiger partial charge in [0.2, 0.25) is 0 Å². The third-order valence-corrected chi connectivity index (χ3v) is 13.2. The first-order valence-corrected chi connectivity index (χ1v) is 30.1. The van der Waals surface area contributed by atoms with Gasteiger partial charge < -0.3 is 40.5 Å². The SMILES string of the molecule is CCCCCCC(O)CCCCCCCCCCC(=O)O.CCCCCCC(O)CCCCCCCCCCC(=O)O.CCCCCCC(O)CCCCCCCCCCC(=O)O.OCC1COCCOO1. The van der Waals surface area contributed by atoms with Crippen molar-refractivity contribution >= 4 is 17.9 Å². The van der Waals surface area contributed by atoms with Crippen molar-refractivity contribution < 1.29 is 64.6 Å². The van der Waals surface area contributed by atoms with E-state index in [-0.39, 0.29) is 31.0 Å². The second kappa shape index (κ2) is 63.4. The maximum absolute atomic E-state index is 10.3. The van der Waals surface area contributed by atoms with E-state index in [9.17, 15) is 29.7 Å². The quantitative estimate of drug-likeness (QED) is 0.0223. The van der Waals surface area contributed by atoms with Gasteiger partial charge in [0.25, 0.3) is 0 Å². The molecular weight excluding hydrogens is 917 g/mol. The van der Waals surface area contributed by atoms with Gasteiger partial charge >= 0.3 is 17.9 Å². The minimum absolute atomic E-state index is 0.0556. The van der Waals surface area contributed by atoms with E-state index in [4.69, 9.17) is 25.2 Å². The molecule has 0 saturated carbocycles. The van der Waals surface area contributed by atoms with E-state index in [2.05, 4.69) is 30.5 Å². The largest absolute Gasteiger partial charge is 0.481 e. The third-order valence-electron chi connectivity index (χ3n) is 13.2. The van der Waals surface area contributed by atoms with Crippen LogP contribution in [0.3, 0.4) is 0 Å². The van der Waals surface area contributed by atoms with Crippen LogP contribution in [0.4, 0.5) is 0 Å². The highest BCUT2D eigenvalue weighted by atomic mass is 17.2. The molecule has 13 nitrogen and oxygen atoms in total. The molecular formula is C59H118O13. The van der Waals surface area contributed by atoms with Crippen molar-refractivity contribution in [2.75, 3.05) is 26.4 Å². The molecule has 0 aromatic carbocycles. The zero-order valence-electron chi connectivity index (χ0n) is 47.0. The molecule has 0 bridgehead atoms. The van der Waals surface area contributed by atoms with Crippen LogP contribution < -0.4 is 0 Å². The van der Waals surface area contributed by atoms with Crippen molar-refractivity contribution in [3.8, 4) is 0 Å². The van der Waals surface area contributed by atoms with E-state index in [1.54, 1.807) is 0 Å². The molecule has 72 heavy (non-hydrogen) atoms. The van der Waals surface area contributed by atoms with Gasteiger partial charge in [-0.3, -0.25) is 14.4 Å². The Balaban J connectivity index is -0.000000910. The number of aliphatic hydroxyl groups excluding tert-OH is 4. The zero-order valence-corrected chi connectivity index (χ0v) is 47.0. The van der Waals surface area contributed by atoms with Crippen molar-refractivity contribution in [3.63, 3.8) is 0 Å². The Hall–Kier alpha value is -1.87. The lowest BCUT2D eigenvalue weighted by Crippen LogP contribution is -2.20. The van der Waals surface area contributed by atoms with Crippen molar-refractivity contribution in [1.82, 2.24) is 0 Å². The van der Waals surface area contributed by atoms with Crippen LogP contribution in [0.15, 0.2) is 0 Å². The average molecular weight is 1040 g/mol. The van der Waals surface area contributed by atoms with Crippen LogP contribution in [0.5, 0.6) is 0 Å². The summed E-state index contributed by atoms with van der Waals surface area (Å²) < 4.78 is 4.99. The van der Waals surface area contributed by atoms with E-state index in [1.807, 2.05) is 0 Å². The lowest BCUT2D eigenvalue weighted by Gasteiger charge is -2.10. The first kappa shape index (κ1) is 74.4. The summed E-state index contributed by atoms with van der Waals surface area (Å²) in [6, 6.07) is 0. The average Bonchev–Trinajstić information content (AvgIpc) is 3.64. The zero-order chi connectivity index (χ0) is 53.8. The first-order chi connectivity index (χ1) is 34.9. The molecule has 1 rings (SSSR count). The fourth-order valence-corrected chi connectivity index (χ4v) is 8.57. The number of carbonyl (C=O) groups is 3. The minimum atomic E-state index is -0.678. The molecule has 0 amide bonds. The molecule has 0 aromatic heterocycles. The predicted octanol–water partition coefficient (Wildman–Crippen LogP) is 15.2. The fraction of sp³-hybridized carbons (Fsp3) is 0.949. The van der Waals surface area contributed by atoms with Crippen LogP contribution in [0.1, 0.15) is 310 Å². The van der Waals surface area contributed by atoms with E-state index >= 15 is 0 Å². The predicted molar refractivity (Wildman–Crippen MR) is 294 cm³/mol. The first-order valence-electron chi connectivity index (χ1n) is 30.1. The number of carboxylic acid groups (broad SMARTS) is 3. The summed E-state index contributed by atoms with van der Waals surface area (Å²) in [5.41, 5.74) is 0. The lowest BCUT2D eigenvalue weighted by atomic mass is 10.0. The molecule has 0 radical (unpaired) electrons. The molecule has 0 aromatic rings. The summed E-state index contributed by atoms with van der Waals surface area (Å²) in [7, 11) is 0. The van der Waals surface area contributed by atoms with E-state index in [1.165, 1.54) is 154 Å². The number of aliphatic hydroxyl groups is 4. The molecule has 1 aliphatic rings. The van der Waals surface area contributed by atoms with E-state index < -0.39 is 17.9 Å². The van der Waals surface area contributed by atoms with Gasteiger partial charge in [-0.2, -0.15) is 0 Å². The molecule has 1 aliphatic heterocycles. The summed E-state index contributed by atoms with van der Waals surface area (Å²) in [5.74, 6) is -2.03. The summed E-state index contributed by atoms with van der Waals surface area (Å²) in [5, 5.41) is 63.6. The third kappa shape index (κ3) is 70.2. The van der Waals surface area contributed by atoms with Crippen molar-refractivity contribution in [2.24, 2.45) is 0 Å². The maximum Gasteiger partial charge on any atom is 0.303 e. The van der Waals surface area contributed by atoms with Crippen LogP contribution in [0, 0.1) is 0 Å². The second-order valence-electron chi connectivity index (χ2n) is 20.6. The van der Waals surface area contributed by atoms with Crippen LogP contribution in [-0.4, -0.2) is 104 Å². The van der Waals surface area contributed by atoms with E-state index in [0.29, 0.717) is 39.1 Å². The second-order valence-corrected chi connectivity index (χ2v) is 20.6. The van der Waals surface area contributed by atoms with Crippen LogP contribution in [0.2, 0.25) is 0 Å². The summed E-state index contributed by atoms with van der Waals surface area (Å²) in [6.45, 7) is 7.97. The van der Waals surface area contributed by atoms with Gasteiger partial charge in [-0.05, 0) is 57.8 Å². The minimum Gasteiger partial charge on any atom is -0.481 e. The Morgan fingerprint density at radius 3 is 0.847 bits per heavy atom. The lowest BCUT2D eigenvalue weighted by molar-refractivity contribution is -0.318. The van der Waals surface area contributed by atoms with Crippen molar-refractivity contribution in [2.45, 2.75) is 334 Å². The molecule has 0 aliphatic carbocycles. The Morgan fingerprint density at radius 1 is 0.375 bits per heavy atom. The molecule has 1 fully saturated rings. The Bertz CT molecular complexity index is 958. The molecule has 1 saturated heterocycles. The highest BCUT2D eigenvalue weighted by Gasteiger charge is 2.12. The number of unbranched alkanes of at least 4 members (excludes halogenated alkanes) is 30. The van der Waals surface area contributed by atoms with Gasteiger partial charge in [0.05, 0.1) is 38.1 Å². The monoisotopic (exact) mass is 1030 g/mol. The summed E-state index contributed by atoms with van der Waals surface area (Å²) >= 11 is 0. The molecule has 4 atom stereocenters. The topological polar surface area (TPSA) is 221 Å². The Kier molecular flexibility index (Phi) is 65.5. The molecule has 13 heteroatoms. The molecule has 7 N–H and O–H groups in total. The van der Waals surface area contributed by atoms with E-state index in [0.717, 1.165) is 116 Å². The molecule has 1 heterocycles. The van der Waals surface area contributed by atoms with Gasteiger partial charge in [-0.25, -0.2) is 9.78 Å². The maximum atomic E-state index is 10.3. The number of rotatable bonds is 49. The van der Waals surface area contributed by atoms with Crippen molar-refractivity contribution in [1.29, 1.82) is 0 Å². The summed E-state index contributed by atoms with van der Waals surface area (Å²) in [4.78, 5) is 40.3. The van der Waals surface area contributed by atoms with Gasteiger partial charge in [-0.15, -0.1) is 0 Å². The van der Waals surface area contributed by atoms with Gasteiger partial charge in [0.15, 0.2) is 0 Å². The molecule has 0 spiro atoms. The van der Waals surface area contributed by atoms with Gasteiger partial charge in [-0.1, -0.05) is 233 Å². The smallest absolute Gasteiger partial charge is 0.303 e. The fourth-order valence-electron chi connectivity index (χ4n) is 8.57. The highest BCUT2D eigenvalue weighted by molar-refractivity contribution is 5.67. The van der Waals surface area contributed by atoms with Crippen LogP contribution >= 0.6 is 0 Å². The van der Waals surface area contributed by atoms with Crippen molar-refractivity contribution in [3.05, 3.63) is 0 Å². The van der Waals surface area contributed by atoms with Gasteiger partial charge in [0, 0.05) is 19.3 Å². The number of hydrogen-bond acceptors (Lipinski definition) is 10. The number of hydrogen-bond donors (Lipinski definition) is 7. The number of aliphatic carboxylic acids is 3. The summed E-state index contributed by atoms with van der Waals surface area (Å²) in [6.07, 6.45) is 48.5. The molecule has 4 unspecified atom stereocenters. The Labute approximate surface area is 441 Å². The normalized spacial score (nSPS) is 14.6. The van der Waals surface area contributed by atoms with Crippen LogP contribution in [0.25, 0.3) is 0 Å². The number of ether oxygens (including phenoxy) is 1. The highest BCUT2D eigenvalue weighted by Crippen LogP contribution is 2.17. The standard InChI is InChI=1S/3C18H36O3.C5H10O4/c3*1-2-3-4-11-14-17(19)15-12-9-7-5-6-8-10-13-16-18(20)21;6-3-5-4-7-1-2-8-9-5/h3*17,19H,2-16H2,1H3,(H,20,21);5-6H,1-4H2. The van der Waals surface area contributed by atoms with Gasteiger partial charge in [0.1, 0.15) is 12.7 Å². The number of carboxylic acids is 3. The van der Waals surface area contributed by atoms with Crippen LogP contribution in [-0.2, 0) is 28.9 Å². The Morgan fingerprint density at radius 2 is 0.611 bits per heavy atom.